The first-order valence-corrected chi connectivity index (χ1v) is 8.18. The van der Waals surface area contributed by atoms with Gasteiger partial charge >= 0.3 is 0 Å². The van der Waals surface area contributed by atoms with Crippen molar-refractivity contribution in [1.82, 2.24) is 5.32 Å². The molecule has 0 saturated carbocycles. The van der Waals surface area contributed by atoms with Crippen molar-refractivity contribution < 1.29 is 0 Å². The molecule has 2 aromatic rings. The van der Waals surface area contributed by atoms with Crippen LogP contribution in [0.2, 0.25) is 10.0 Å². The van der Waals surface area contributed by atoms with Gasteiger partial charge in [-0.05, 0) is 54.8 Å². The first-order valence-electron chi connectivity index (χ1n) is 7.42. The summed E-state index contributed by atoms with van der Waals surface area (Å²) in [6, 6.07) is 16.6. The minimum atomic E-state index is 0.388. The van der Waals surface area contributed by atoms with Crippen molar-refractivity contribution >= 4 is 23.2 Å². The summed E-state index contributed by atoms with van der Waals surface area (Å²) in [4.78, 5) is 0. The molecule has 0 radical (unpaired) electrons. The molecule has 3 heteroatoms. The van der Waals surface area contributed by atoms with Crippen molar-refractivity contribution in [1.29, 1.82) is 0 Å². The van der Waals surface area contributed by atoms with E-state index in [0.29, 0.717) is 6.04 Å². The van der Waals surface area contributed by atoms with Crippen molar-refractivity contribution in [2.75, 3.05) is 6.54 Å². The van der Waals surface area contributed by atoms with Crippen LogP contribution in [0.5, 0.6) is 0 Å². The summed E-state index contributed by atoms with van der Waals surface area (Å²) in [5.74, 6) is 0. The molecule has 0 aliphatic rings. The summed E-state index contributed by atoms with van der Waals surface area (Å²) in [6.45, 7) is 3.17. The molecule has 2 rings (SSSR count). The van der Waals surface area contributed by atoms with E-state index in [1.807, 2.05) is 24.3 Å². The predicted molar refractivity (Wildman–Crippen MR) is 92.3 cm³/mol. The molecule has 21 heavy (non-hydrogen) atoms. The third-order valence-electron chi connectivity index (χ3n) is 3.57. The predicted octanol–water partition coefficient (Wildman–Crippen LogP) is 5.67. The fourth-order valence-corrected chi connectivity index (χ4v) is 2.66. The average molecular weight is 322 g/mol. The van der Waals surface area contributed by atoms with Crippen LogP contribution in [-0.2, 0) is 6.42 Å². The van der Waals surface area contributed by atoms with Gasteiger partial charge in [-0.3, -0.25) is 0 Å². The molecular formula is C18H21Cl2N. The van der Waals surface area contributed by atoms with E-state index in [-0.39, 0.29) is 0 Å². The van der Waals surface area contributed by atoms with Crippen LogP contribution in [0.25, 0.3) is 0 Å². The van der Waals surface area contributed by atoms with E-state index in [4.69, 9.17) is 23.2 Å². The van der Waals surface area contributed by atoms with E-state index in [1.54, 1.807) is 0 Å². The zero-order valence-electron chi connectivity index (χ0n) is 12.3. The van der Waals surface area contributed by atoms with E-state index < -0.39 is 0 Å². The Morgan fingerprint density at radius 2 is 1.48 bits per heavy atom. The van der Waals surface area contributed by atoms with Crippen molar-refractivity contribution in [2.24, 2.45) is 0 Å². The van der Waals surface area contributed by atoms with Crippen LogP contribution in [0, 0.1) is 0 Å². The molecule has 0 aromatic heterocycles. The molecule has 1 N–H and O–H groups in total. The lowest BCUT2D eigenvalue weighted by atomic mass is 10.0. The summed E-state index contributed by atoms with van der Waals surface area (Å²) in [6.07, 6.45) is 3.29. The normalized spacial score (nSPS) is 12.3. The third kappa shape index (κ3) is 5.35. The first-order chi connectivity index (χ1) is 10.2. The van der Waals surface area contributed by atoms with Gasteiger partial charge in [-0.15, -0.1) is 0 Å². The van der Waals surface area contributed by atoms with Gasteiger partial charge in [-0.1, -0.05) is 60.8 Å². The lowest BCUT2D eigenvalue weighted by molar-refractivity contribution is 0.497. The third-order valence-corrected chi connectivity index (χ3v) is 4.07. The smallest absolute Gasteiger partial charge is 0.0406 e. The lowest BCUT2D eigenvalue weighted by Crippen LogP contribution is -2.23. The Hall–Kier alpha value is -1.02. The molecule has 0 fully saturated rings. The average Bonchev–Trinajstić information content (AvgIpc) is 2.49. The van der Waals surface area contributed by atoms with Gasteiger partial charge in [0.2, 0.25) is 0 Å². The Balaban J connectivity index is 1.90. The topological polar surface area (TPSA) is 12.0 Å². The maximum absolute atomic E-state index is 5.96. The van der Waals surface area contributed by atoms with Crippen molar-refractivity contribution in [3.8, 4) is 0 Å². The number of benzene rings is 2. The highest BCUT2D eigenvalue weighted by molar-refractivity contribution is 6.30. The van der Waals surface area contributed by atoms with Crippen molar-refractivity contribution in [3.05, 3.63) is 69.7 Å². The van der Waals surface area contributed by atoms with Crippen LogP contribution in [-0.4, -0.2) is 6.54 Å². The monoisotopic (exact) mass is 321 g/mol. The second-order valence-corrected chi connectivity index (χ2v) is 6.10. The maximum Gasteiger partial charge on any atom is 0.0406 e. The summed E-state index contributed by atoms with van der Waals surface area (Å²) < 4.78 is 0. The van der Waals surface area contributed by atoms with Crippen LogP contribution in [0.15, 0.2) is 48.5 Å². The second kappa shape index (κ2) is 8.43. The summed E-state index contributed by atoms with van der Waals surface area (Å²) in [7, 11) is 0. The molecular weight excluding hydrogens is 301 g/mol. The SMILES string of the molecule is CCCC(NCCc1ccc(Cl)cc1)c1ccc(Cl)cc1. The number of hydrogen-bond acceptors (Lipinski definition) is 1. The Morgan fingerprint density at radius 1 is 0.905 bits per heavy atom. The van der Waals surface area contributed by atoms with E-state index in [1.165, 1.54) is 11.1 Å². The highest BCUT2D eigenvalue weighted by Crippen LogP contribution is 2.20. The number of nitrogens with one attached hydrogen (secondary N) is 1. The minimum Gasteiger partial charge on any atom is -0.310 e. The van der Waals surface area contributed by atoms with Gasteiger partial charge in [0.25, 0.3) is 0 Å². The van der Waals surface area contributed by atoms with Crippen molar-refractivity contribution in [3.63, 3.8) is 0 Å². The van der Waals surface area contributed by atoms with Gasteiger partial charge in [0.15, 0.2) is 0 Å². The molecule has 0 saturated heterocycles. The molecule has 0 aliphatic heterocycles. The fraction of sp³-hybridized carbons (Fsp3) is 0.333. The molecule has 0 spiro atoms. The van der Waals surface area contributed by atoms with E-state index in [9.17, 15) is 0 Å². The van der Waals surface area contributed by atoms with Crippen LogP contribution < -0.4 is 5.32 Å². The van der Waals surface area contributed by atoms with Gasteiger partial charge < -0.3 is 5.32 Å². The van der Waals surface area contributed by atoms with E-state index in [2.05, 4.69) is 36.5 Å². The van der Waals surface area contributed by atoms with Crippen molar-refractivity contribution in [2.45, 2.75) is 32.2 Å². The highest BCUT2D eigenvalue weighted by atomic mass is 35.5. The van der Waals surface area contributed by atoms with Gasteiger partial charge in [-0.2, -0.15) is 0 Å². The second-order valence-electron chi connectivity index (χ2n) is 5.22. The molecule has 0 bridgehead atoms. The van der Waals surface area contributed by atoms with Crippen LogP contribution in [0.1, 0.15) is 36.9 Å². The fourth-order valence-electron chi connectivity index (χ4n) is 2.41. The quantitative estimate of drug-likeness (QED) is 0.693. The molecule has 112 valence electrons. The molecule has 1 nitrogen and oxygen atoms in total. The largest absolute Gasteiger partial charge is 0.310 e. The lowest BCUT2D eigenvalue weighted by Gasteiger charge is -2.19. The zero-order valence-corrected chi connectivity index (χ0v) is 13.8. The van der Waals surface area contributed by atoms with Crippen LogP contribution in [0.3, 0.4) is 0 Å². The molecule has 1 unspecified atom stereocenters. The standard InChI is InChI=1S/C18H21Cl2N/c1-2-3-18(15-6-10-17(20)11-7-15)21-13-12-14-4-8-16(19)9-5-14/h4-11,18,21H,2-3,12-13H2,1H3. The highest BCUT2D eigenvalue weighted by Gasteiger charge is 2.09. The number of rotatable bonds is 7. The molecule has 2 aromatic carbocycles. The van der Waals surface area contributed by atoms with Gasteiger partial charge in [0.1, 0.15) is 0 Å². The molecule has 0 amide bonds. The summed E-state index contributed by atoms with van der Waals surface area (Å²) in [5.41, 5.74) is 2.61. The van der Waals surface area contributed by atoms with Gasteiger partial charge in [0, 0.05) is 16.1 Å². The summed E-state index contributed by atoms with van der Waals surface area (Å²) in [5, 5.41) is 5.22. The number of hydrogen-bond donors (Lipinski definition) is 1. The zero-order chi connectivity index (χ0) is 15.1. The Bertz CT molecular complexity index is 534. The van der Waals surface area contributed by atoms with E-state index in [0.717, 1.165) is 35.9 Å². The Morgan fingerprint density at radius 3 is 2.05 bits per heavy atom. The van der Waals surface area contributed by atoms with Gasteiger partial charge in [-0.25, -0.2) is 0 Å². The molecule has 1 atom stereocenters. The van der Waals surface area contributed by atoms with Crippen LogP contribution >= 0.6 is 23.2 Å². The minimum absolute atomic E-state index is 0.388. The Kier molecular flexibility index (Phi) is 6.56. The van der Waals surface area contributed by atoms with Crippen LogP contribution in [0.4, 0.5) is 0 Å². The van der Waals surface area contributed by atoms with Gasteiger partial charge in [0.05, 0.1) is 0 Å². The molecule has 0 aliphatic carbocycles. The molecule has 0 heterocycles. The maximum atomic E-state index is 5.96. The Labute approximate surface area is 137 Å². The summed E-state index contributed by atoms with van der Waals surface area (Å²) >= 11 is 11.9. The van der Waals surface area contributed by atoms with E-state index >= 15 is 0 Å². The first kappa shape index (κ1) is 16.4. The number of halogens is 2.